The first kappa shape index (κ1) is 34.6. The number of halogens is 8. The van der Waals surface area contributed by atoms with E-state index in [9.17, 15) is 26.3 Å². The van der Waals surface area contributed by atoms with E-state index in [1.165, 1.54) is 24.5 Å². The van der Waals surface area contributed by atoms with Crippen LogP contribution in [0.4, 0.5) is 26.3 Å². The molecular formula is C36H18Cl2F6N8S. The van der Waals surface area contributed by atoms with Crippen molar-refractivity contribution in [1.82, 2.24) is 39.2 Å². The minimum absolute atomic E-state index is 0.202. The van der Waals surface area contributed by atoms with E-state index in [4.69, 9.17) is 33.2 Å². The summed E-state index contributed by atoms with van der Waals surface area (Å²) < 4.78 is 84.0. The summed E-state index contributed by atoms with van der Waals surface area (Å²) in [5.74, 6) is 0. The van der Waals surface area contributed by atoms with Gasteiger partial charge < -0.3 is 0 Å². The molecule has 6 aromatic heterocycles. The van der Waals surface area contributed by atoms with Crippen molar-refractivity contribution < 1.29 is 26.3 Å². The van der Waals surface area contributed by atoms with Gasteiger partial charge >= 0.3 is 12.4 Å². The van der Waals surface area contributed by atoms with Gasteiger partial charge in [-0.2, -0.15) is 36.5 Å². The normalized spacial score (nSPS) is 12.2. The first-order valence-electron chi connectivity index (χ1n) is 15.4. The van der Waals surface area contributed by atoms with Crippen LogP contribution in [0.3, 0.4) is 0 Å². The van der Waals surface area contributed by atoms with Crippen molar-refractivity contribution in [2.24, 2.45) is 0 Å². The zero-order valence-electron chi connectivity index (χ0n) is 26.4. The number of nitrogens with zero attached hydrogens (tertiary/aromatic N) is 8. The molecule has 0 aliphatic carbocycles. The third-order valence-corrected chi connectivity index (χ3v) is 9.30. The van der Waals surface area contributed by atoms with Gasteiger partial charge in [0.1, 0.15) is 11.4 Å². The molecular weight excluding hydrogens is 761 g/mol. The van der Waals surface area contributed by atoms with E-state index >= 15 is 0 Å². The second-order valence-corrected chi connectivity index (χ2v) is 13.3. The molecule has 0 radical (unpaired) electrons. The van der Waals surface area contributed by atoms with E-state index in [0.717, 1.165) is 45.3 Å². The molecule has 264 valence electrons. The monoisotopic (exact) mass is 778 g/mol. The average molecular weight is 780 g/mol. The number of alkyl halides is 6. The summed E-state index contributed by atoms with van der Waals surface area (Å²) in [6.45, 7) is 0. The quantitative estimate of drug-likeness (QED) is 0.123. The van der Waals surface area contributed by atoms with E-state index in [1.807, 2.05) is 0 Å². The van der Waals surface area contributed by atoms with E-state index in [-0.39, 0.29) is 10.3 Å². The van der Waals surface area contributed by atoms with E-state index in [0.29, 0.717) is 66.1 Å². The number of pyridine rings is 2. The van der Waals surface area contributed by atoms with Gasteiger partial charge in [-0.05, 0) is 72.4 Å². The third-order valence-electron chi connectivity index (χ3n) is 8.07. The van der Waals surface area contributed by atoms with Crippen LogP contribution in [0.5, 0.6) is 0 Å². The van der Waals surface area contributed by atoms with Crippen molar-refractivity contribution in [3.63, 3.8) is 0 Å². The minimum Gasteiger partial charge on any atom is -0.239 e. The van der Waals surface area contributed by atoms with Crippen LogP contribution in [0.15, 0.2) is 120 Å². The summed E-state index contributed by atoms with van der Waals surface area (Å²) in [7, 11) is 0. The van der Waals surface area contributed by atoms with Crippen LogP contribution in [0.25, 0.3) is 56.1 Å². The number of fused-ring (bicyclic) bond motifs is 2. The van der Waals surface area contributed by atoms with Gasteiger partial charge in [-0.25, -0.2) is 29.0 Å². The van der Waals surface area contributed by atoms with E-state index in [1.54, 1.807) is 60.7 Å². The zero-order valence-corrected chi connectivity index (χ0v) is 28.7. The van der Waals surface area contributed by atoms with Crippen LogP contribution in [-0.4, -0.2) is 39.2 Å². The third kappa shape index (κ3) is 6.78. The Labute approximate surface area is 309 Å². The summed E-state index contributed by atoms with van der Waals surface area (Å²) in [6.07, 6.45) is -4.38. The average Bonchev–Trinajstić information content (AvgIpc) is 3.70. The highest BCUT2D eigenvalue weighted by molar-refractivity contribution is 7.99. The number of hydrogen-bond donors (Lipinski definition) is 0. The Morgan fingerprint density at radius 2 is 0.981 bits per heavy atom. The summed E-state index contributed by atoms with van der Waals surface area (Å²) in [5.41, 5.74) is 2.35. The Bertz CT molecular complexity index is 2510. The SMILES string of the molecule is FC(F)(F)c1ccc2c(-c3ccnc(Sc4nccc(-c5c(-c6cccc(Cl)c6)nn6cc(C(F)(F)F)ccc56)n4)n3)c(-c3cccc(Cl)c3)nn2c1. The maximum Gasteiger partial charge on any atom is 0.417 e. The smallest absolute Gasteiger partial charge is 0.239 e. The molecule has 0 aliphatic rings. The highest BCUT2D eigenvalue weighted by Crippen LogP contribution is 2.40. The summed E-state index contributed by atoms with van der Waals surface area (Å²) in [6, 6.07) is 21.3. The van der Waals surface area contributed by atoms with E-state index in [2.05, 4.69) is 20.2 Å². The lowest BCUT2D eigenvalue weighted by molar-refractivity contribution is -0.138. The van der Waals surface area contributed by atoms with Gasteiger partial charge in [0.15, 0.2) is 10.3 Å². The summed E-state index contributed by atoms with van der Waals surface area (Å²) >= 11 is 13.5. The molecule has 0 unspecified atom stereocenters. The predicted molar refractivity (Wildman–Crippen MR) is 187 cm³/mol. The molecule has 0 saturated heterocycles. The van der Waals surface area contributed by atoms with Crippen molar-refractivity contribution in [2.45, 2.75) is 22.7 Å². The van der Waals surface area contributed by atoms with Gasteiger partial charge in [0.2, 0.25) is 0 Å². The molecule has 0 aliphatic heterocycles. The van der Waals surface area contributed by atoms with Crippen molar-refractivity contribution in [2.75, 3.05) is 0 Å². The topological polar surface area (TPSA) is 86.2 Å². The molecule has 6 heterocycles. The van der Waals surface area contributed by atoms with Gasteiger partial charge in [-0.1, -0.05) is 47.5 Å². The second-order valence-electron chi connectivity index (χ2n) is 11.5. The highest BCUT2D eigenvalue weighted by Gasteiger charge is 2.33. The van der Waals surface area contributed by atoms with Crippen molar-refractivity contribution in [3.8, 4) is 45.0 Å². The molecule has 17 heteroatoms. The molecule has 53 heavy (non-hydrogen) atoms. The van der Waals surface area contributed by atoms with E-state index < -0.39 is 23.5 Å². The maximum absolute atomic E-state index is 13.6. The van der Waals surface area contributed by atoms with Gasteiger partial charge in [0.05, 0.1) is 44.7 Å². The second kappa shape index (κ2) is 13.2. The Kier molecular flexibility index (Phi) is 8.59. The number of hydrogen-bond acceptors (Lipinski definition) is 7. The van der Waals surface area contributed by atoms with Crippen LogP contribution in [0, 0.1) is 0 Å². The van der Waals surface area contributed by atoms with Gasteiger partial charge in [0, 0.05) is 46.0 Å². The summed E-state index contributed by atoms with van der Waals surface area (Å²) in [4.78, 5) is 18.2. The molecule has 0 spiro atoms. The Morgan fingerprint density at radius 3 is 1.38 bits per heavy atom. The lowest BCUT2D eigenvalue weighted by Gasteiger charge is -2.08. The fraction of sp³-hybridized carbons (Fsp3) is 0.0556. The number of aromatic nitrogens is 8. The van der Waals surface area contributed by atoms with Crippen molar-refractivity contribution in [1.29, 1.82) is 0 Å². The standard InChI is InChI=1S/C36H18Cl2F6N8S/c37-23-5-1-3-19(15-23)31-29(27-9-7-21(35(39,40)41)17-51(27)49-31)25-11-13-45-33(47-25)53-34-46-14-12-26(48-34)30-28-10-8-22(36(42,43)44)18-52(28)50-32(30)20-4-2-6-24(38)16-20/h1-18H. The van der Waals surface area contributed by atoms with Crippen LogP contribution >= 0.6 is 35.0 Å². The highest BCUT2D eigenvalue weighted by atomic mass is 35.5. The Balaban J connectivity index is 1.21. The maximum atomic E-state index is 13.6. The van der Waals surface area contributed by atoms with Crippen LogP contribution in [0.1, 0.15) is 11.1 Å². The minimum atomic E-state index is -4.59. The molecule has 0 amide bonds. The lowest BCUT2D eigenvalue weighted by Crippen LogP contribution is -2.06. The summed E-state index contributed by atoms with van der Waals surface area (Å²) in [5, 5.41) is 10.2. The molecule has 8 nitrogen and oxygen atoms in total. The van der Waals surface area contributed by atoms with Crippen LogP contribution in [-0.2, 0) is 12.4 Å². The Hall–Kier alpha value is -5.51. The van der Waals surface area contributed by atoms with Gasteiger partial charge in [-0.3, -0.25) is 0 Å². The first-order chi connectivity index (χ1) is 25.3. The lowest BCUT2D eigenvalue weighted by atomic mass is 10.0. The van der Waals surface area contributed by atoms with Gasteiger partial charge in [0.25, 0.3) is 0 Å². The molecule has 0 fully saturated rings. The number of benzene rings is 2. The van der Waals surface area contributed by atoms with Crippen molar-refractivity contribution >= 4 is 46.0 Å². The number of rotatable bonds is 6. The molecule has 8 rings (SSSR count). The molecule has 0 N–H and O–H groups in total. The molecule has 0 saturated carbocycles. The molecule has 0 atom stereocenters. The van der Waals surface area contributed by atoms with Gasteiger partial charge in [-0.15, -0.1) is 0 Å². The largest absolute Gasteiger partial charge is 0.417 e. The van der Waals surface area contributed by atoms with Crippen molar-refractivity contribution in [3.05, 3.63) is 131 Å². The first-order valence-corrected chi connectivity index (χ1v) is 16.9. The van der Waals surface area contributed by atoms with Crippen LogP contribution < -0.4 is 0 Å². The predicted octanol–water partition coefficient (Wildman–Crippen LogP) is 10.7. The zero-order chi connectivity index (χ0) is 37.1. The fourth-order valence-corrected chi connectivity index (χ4v) is 6.81. The Morgan fingerprint density at radius 1 is 0.547 bits per heavy atom. The molecule has 2 aromatic carbocycles. The van der Waals surface area contributed by atoms with Crippen LogP contribution in [0.2, 0.25) is 10.0 Å². The molecule has 8 aromatic rings. The fourth-order valence-electron chi connectivity index (χ4n) is 5.75. The molecule has 0 bridgehead atoms.